The minimum Gasteiger partial charge on any atom is -0.379 e. The third kappa shape index (κ3) is 4.76. The van der Waals surface area contributed by atoms with E-state index in [1.807, 2.05) is 0 Å². The van der Waals surface area contributed by atoms with Crippen LogP contribution in [-0.4, -0.2) is 57.9 Å². The van der Waals surface area contributed by atoms with Crippen LogP contribution in [-0.2, 0) is 14.8 Å². The predicted molar refractivity (Wildman–Crippen MR) is 109 cm³/mol. The molecule has 0 saturated carbocycles. The molecule has 154 valence electrons. The van der Waals surface area contributed by atoms with Gasteiger partial charge >= 0.3 is 0 Å². The highest BCUT2D eigenvalue weighted by molar-refractivity contribution is 7.89. The van der Waals surface area contributed by atoms with Crippen molar-refractivity contribution in [1.82, 2.24) is 9.62 Å². The predicted octanol–water partition coefficient (Wildman–Crippen LogP) is 1.97. The summed E-state index contributed by atoms with van der Waals surface area (Å²) in [7, 11) is -2.26. The number of morpholine rings is 1. The van der Waals surface area contributed by atoms with Crippen LogP contribution < -0.4 is 10.6 Å². The number of carbonyl (C=O) groups excluding carboxylic acids is 2. The van der Waals surface area contributed by atoms with Crippen LogP contribution >= 0.6 is 11.6 Å². The Labute approximate surface area is 173 Å². The second kappa shape index (κ2) is 8.91. The number of anilines is 1. The van der Waals surface area contributed by atoms with Crippen molar-refractivity contribution in [2.24, 2.45) is 0 Å². The zero-order valence-electron chi connectivity index (χ0n) is 15.6. The van der Waals surface area contributed by atoms with Crippen molar-refractivity contribution in [2.45, 2.75) is 4.90 Å². The van der Waals surface area contributed by atoms with Gasteiger partial charge in [-0.2, -0.15) is 4.31 Å². The fourth-order valence-electron chi connectivity index (χ4n) is 2.86. The molecule has 2 amide bonds. The van der Waals surface area contributed by atoms with Gasteiger partial charge < -0.3 is 15.4 Å². The maximum atomic E-state index is 12.8. The molecule has 0 atom stereocenters. The Balaban J connectivity index is 1.86. The highest BCUT2D eigenvalue weighted by atomic mass is 35.5. The first kappa shape index (κ1) is 21.3. The molecule has 0 aliphatic carbocycles. The lowest BCUT2D eigenvalue weighted by Gasteiger charge is -2.26. The summed E-state index contributed by atoms with van der Waals surface area (Å²) >= 11 is 6.14. The van der Waals surface area contributed by atoms with Crippen LogP contribution in [0.2, 0.25) is 5.02 Å². The molecule has 10 heteroatoms. The molecule has 3 rings (SSSR count). The van der Waals surface area contributed by atoms with E-state index in [1.54, 1.807) is 18.2 Å². The SMILES string of the molecule is CNC(=O)c1cccc(NC(=O)c2cc(S(=O)(=O)N3CCOCC3)ccc2Cl)c1. The smallest absolute Gasteiger partial charge is 0.257 e. The number of carbonyl (C=O) groups is 2. The van der Waals surface area contributed by atoms with Crippen molar-refractivity contribution in [3.63, 3.8) is 0 Å². The van der Waals surface area contributed by atoms with Crippen LogP contribution in [0.5, 0.6) is 0 Å². The average Bonchev–Trinajstić information content (AvgIpc) is 2.74. The monoisotopic (exact) mass is 437 g/mol. The first-order valence-corrected chi connectivity index (χ1v) is 10.7. The normalized spacial score (nSPS) is 15.0. The van der Waals surface area contributed by atoms with Crippen molar-refractivity contribution in [2.75, 3.05) is 38.7 Å². The molecule has 29 heavy (non-hydrogen) atoms. The number of halogens is 1. The Hall–Kier alpha value is -2.46. The third-order valence-corrected chi connectivity index (χ3v) is 6.62. The van der Waals surface area contributed by atoms with Gasteiger partial charge in [-0.15, -0.1) is 0 Å². The maximum Gasteiger partial charge on any atom is 0.257 e. The largest absolute Gasteiger partial charge is 0.379 e. The molecule has 0 radical (unpaired) electrons. The summed E-state index contributed by atoms with van der Waals surface area (Å²) in [6.45, 7) is 1.14. The molecular weight excluding hydrogens is 418 g/mol. The van der Waals surface area contributed by atoms with Crippen LogP contribution in [0.25, 0.3) is 0 Å². The first-order chi connectivity index (χ1) is 13.8. The molecular formula is C19H20ClN3O5S. The van der Waals surface area contributed by atoms with Gasteiger partial charge in [0.1, 0.15) is 0 Å². The van der Waals surface area contributed by atoms with Crippen molar-refractivity contribution >= 4 is 39.1 Å². The fourth-order valence-corrected chi connectivity index (χ4v) is 4.49. The number of ether oxygens (including phenoxy) is 1. The number of nitrogens with one attached hydrogen (secondary N) is 2. The topological polar surface area (TPSA) is 105 Å². The van der Waals surface area contributed by atoms with Crippen LogP contribution in [0.3, 0.4) is 0 Å². The Bertz CT molecular complexity index is 1040. The zero-order valence-corrected chi connectivity index (χ0v) is 17.2. The van der Waals surface area contributed by atoms with Gasteiger partial charge in [0.05, 0.1) is 28.7 Å². The summed E-state index contributed by atoms with van der Waals surface area (Å²) in [4.78, 5) is 24.5. The molecule has 1 saturated heterocycles. The lowest BCUT2D eigenvalue weighted by atomic mass is 10.1. The highest BCUT2D eigenvalue weighted by Crippen LogP contribution is 2.24. The number of amides is 2. The molecule has 0 spiro atoms. The Morgan fingerprint density at radius 2 is 1.79 bits per heavy atom. The second-order valence-electron chi connectivity index (χ2n) is 6.27. The summed E-state index contributed by atoms with van der Waals surface area (Å²) in [6, 6.07) is 10.4. The van der Waals surface area contributed by atoms with E-state index in [0.717, 1.165) is 0 Å². The van der Waals surface area contributed by atoms with Gasteiger partial charge in [0, 0.05) is 31.4 Å². The van der Waals surface area contributed by atoms with Crippen molar-refractivity contribution in [3.05, 3.63) is 58.6 Å². The summed E-state index contributed by atoms with van der Waals surface area (Å²) in [5.74, 6) is -0.874. The summed E-state index contributed by atoms with van der Waals surface area (Å²) in [6.07, 6.45) is 0. The molecule has 1 aliphatic heterocycles. The number of benzene rings is 2. The molecule has 2 aromatic rings. The molecule has 8 nitrogen and oxygen atoms in total. The van der Waals surface area contributed by atoms with Crippen molar-refractivity contribution in [3.8, 4) is 0 Å². The summed E-state index contributed by atoms with van der Waals surface area (Å²) < 4.78 is 32.2. The van der Waals surface area contributed by atoms with E-state index in [4.69, 9.17) is 16.3 Å². The van der Waals surface area contributed by atoms with Crippen LogP contribution in [0.1, 0.15) is 20.7 Å². The van der Waals surface area contributed by atoms with Gasteiger partial charge in [-0.25, -0.2) is 8.42 Å². The van der Waals surface area contributed by atoms with Gasteiger partial charge in [0.25, 0.3) is 11.8 Å². The lowest BCUT2D eigenvalue weighted by molar-refractivity contribution is 0.0730. The van der Waals surface area contributed by atoms with Gasteiger partial charge in [0.2, 0.25) is 10.0 Å². The van der Waals surface area contributed by atoms with Gasteiger partial charge in [0.15, 0.2) is 0 Å². The fraction of sp³-hybridized carbons (Fsp3) is 0.263. The molecule has 0 aromatic heterocycles. The van der Waals surface area contributed by atoms with Crippen LogP contribution in [0.15, 0.2) is 47.4 Å². The minimum absolute atomic E-state index is 0.0198. The second-order valence-corrected chi connectivity index (χ2v) is 8.62. The molecule has 1 fully saturated rings. The summed E-state index contributed by atoms with van der Waals surface area (Å²) in [5.41, 5.74) is 0.778. The Kier molecular flexibility index (Phi) is 6.53. The number of hydrogen-bond acceptors (Lipinski definition) is 5. The van der Waals surface area contributed by atoms with E-state index >= 15 is 0 Å². The molecule has 0 unspecified atom stereocenters. The minimum atomic E-state index is -3.77. The van der Waals surface area contributed by atoms with Crippen LogP contribution in [0.4, 0.5) is 5.69 Å². The number of sulfonamides is 1. The van der Waals surface area contributed by atoms with Crippen molar-refractivity contribution < 1.29 is 22.7 Å². The molecule has 1 heterocycles. The maximum absolute atomic E-state index is 12.8. The van der Waals surface area contributed by atoms with E-state index < -0.39 is 15.9 Å². The standard InChI is InChI=1S/C19H20ClN3O5S/c1-21-18(24)13-3-2-4-14(11-13)22-19(25)16-12-15(5-6-17(16)20)29(26,27)23-7-9-28-10-8-23/h2-6,11-12H,7-10H2,1H3,(H,21,24)(H,22,25). The van der Waals surface area contributed by atoms with E-state index in [9.17, 15) is 18.0 Å². The Morgan fingerprint density at radius 3 is 2.48 bits per heavy atom. The van der Waals surface area contributed by atoms with Gasteiger partial charge in [-0.1, -0.05) is 17.7 Å². The molecule has 2 N–H and O–H groups in total. The molecule has 1 aliphatic rings. The number of nitrogens with zero attached hydrogens (tertiary/aromatic N) is 1. The zero-order chi connectivity index (χ0) is 21.0. The lowest BCUT2D eigenvalue weighted by Crippen LogP contribution is -2.40. The first-order valence-electron chi connectivity index (χ1n) is 8.84. The molecule has 2 aromatic carbocycles. The summed E-state index contributed by atoms with van der Waals surface area (Å²) in [5, 5.41) is 5.27. The van der Waals surface area contributed by atoms with E-state index in [-0.39, 0.29) is 34.5 Å². The average molecular weight is 438 g/mol. The van der Waals surface area contributed by atoms with E-state index in [2.05, 4.69) is 10.6 Å². The number of rotatable bonds is 5. The van der Waals surface area contributed by atoms with Crippen LogP contribution in [0, 0.1) is 0 Å². The Morgan fingerprint density at radius 1 is 1.07 bits per heavy atom. The third-order valence-electron chi connectivity index (χ3n) is 4.40. The van der Waals surface area contributed by atoms with E-state index in [1.165, 1.54) is 35.6 Å². The van der Waals surface area contributed by atoms with E-state index in [0.29, 0.717) is 24.5 Å². The quantitative estimate of drug-likeness (QED) is 0.744. The van der Waals surface area contributed by atoms with Gasteiger partial charge in [-0.3, -0.25) is 9.59 Å². The van der Waals surface area contributed by atoms with Gasteiger partial charge in [-0.05, 0) is 36.4 Å². The van der Waals surface area contributed by atoms with Crippen molar-refractivity contribution in [1.29, 1.82) is 0 Å². The molecule has 0 bridgehead atoms. The highest BCUT2D eigenvalue weighted by Gasteiger charge is 2.27. The number of hydrogen-bond donors (Lipinski definition) is 2.